The van der Waals surface area contributed by atoms with Gasteiger partial charge in [0.1, 0.15) is 5.75 Å². The molecule has 5 rings (SSSR count). The fraction of sp³-hybridized carbons (Fsp3) is 0.545. The first-order valence-electron chi connectivity index (χ1n) is 9.60. The van der Waals surface area contributed by atoms with Gasteiger partial charge in [-0.1, -0.05) is 12.1 Å². The van der Waals surface area contributed by atoms with Crippen LogP contribution in [-0.2, 0) is 16.6 Å². The Morgan fingerprint density at radius 1 is 1.20 bits per heavy atom. The van der Waals surface area contributed by atoms with Gasteiger partial charge in [0.25, 0.3) is 0 Å². The molecule has 1 heterocycles. The maximum absolute atomic E-state index is 5.79. The Morgan fingerprint density at radius 2 is 2.08 bits per heavy atom. The molecule has 1 aromatic rings. The Kier molecular flexibility index (Phi) is 3.50. The minimum atomic E-state index is 0.104. The molecular formula is C22H27NO2. The summed E-state index contributed by atoms with van der Waals surface area (Å²) in [6.45, 7) is 2.43. The molecule has 1 saturated carbocycles. The number of hydrogen-bond acceptors (Lipinski definition) is 3. The van der Waals surface area contributed by atoms with E-state index in [4.69, 9.17) is 9.47 Å². The van der Waals surface area contributed by atoms with Crippen LogP contribution in [0.4, 0.5) is 0 Å². The average molecular weight is 337 g/mol. The van der Waals surface area contributed by atoms with E-state index in [1.54, 1.807) is 12.7 Å². The number of likely N-dealkylation sites (tertiary alicyclic amines) is 1. The van der Waals surface area contributed by atoms with Gasteiger partial charge in [-0.05, 0) is 66.5 Å². The summed E-state index contributed by atoms with van der Waals surface area (Å²) in [4.78, 5) is 2.70. The molecule has 25 heavy (non-hydrogen) atoms. The van der Waals surface area contributed by atoms with Crippen molar-refractivity contribution in [2.45, 2.75) is 43.6 Å². The molecule has 2 unspecified atom stereocenters. The summed E-state index contributed by atoms with van der Waals surface area (Å²) < 4.78 is 11.3. The second kappa shape index (κ2) is 5.63. The van der Waals surface area contributed by atoms with Crippen molar-refractivity contribution in [2.75, 3.05) is 27.3 Å². The Morgan fingerprint density at radius 3 is 2.84 bits per heavy atom. The molecule has 0 radical (unpaired) electrons. The number of benzene rings is 1. The third-order valence-corrected chi connectivity index (χ3v) is 6.74. The molecule has 3 nitrogen and oxygen atoms in total. The lowest BCUT2D eigenvalue weighted by atomic mass is 9.58. The molecule has 2 fully saturated rings. The van der Waals surface area contributed by atoms with Gasteiger partial charge in [-0.15, -0.1) is 0 Å². The highest BCUT2D eigenvalue weighted by Crippen LogP contribution is 2.54. The van der Waals surface area contributed by atoms with Crippen molar-refractivity contribution in [1.82, 2.24) is 4.90 Å². The van der Waals surface area contributed by atoms with Gasteiger partial charge in [0.15, 0.2) is 0 Å². The Bertz CT molecular complexity index is 761. The van der Waals surface area contributed by atoms with Crippen molar-refractivity contribution in [2.24, 2.45) is 5.92 Å². The van der Waals surface area contributed by atoms with Crippen molar-refractivity contribution in [3.05, 3.63) is 52.8 Å². The molecule has 0 spiro atoms. The van der Waals surface area contributed by atoms with Crippen LogP contribution >= 0.6 is 0 Å². The summed E-state index contributed by atoms with van der Waals surface area (Å²) in [7, 11) is 3.59. The summed E-state index contributed by atoms with van der Waals surface area (Å²) in [5, 5.41) is 0. The van der Waals surface area contributed by atoms with Crippen molar-refractivity contribution >= 4 is 0 Å². The molecule has 4 aliphatic rings. The molecule has 2 bridgehead atoms. The highest BCUT2D eigenvalue weighted by Gasteiger charge is 2.50. The number of allylic oxidation sites excluding steroid dienone is 2. The van der Waals surface area contributed by atoms with E-state index in [0.29, 0.717) is 6.04 Å². The van der Waals surface area contributed by atoms with Gasteiger partial charge in [0.05, 0.1) is 26.0 Å². The fourth-order valence-electron chi connectivity index (χ4n) is 5.22. The maximum atomic E-state index is 5.79. The van der Waals surface area contributed by atoms with Crippen LogP contribution in [0.25, 0.3) is 0 Å². The zero-order valence-electron chi connectivity index (χ0n) is 15.3. The van der Waals surface area contributed by atoms with Crippen LogP contribution in [0.1, 0.15) is 36.8 Å². The zero-order chi connectivity index (χ0) is 17.0. The summed E-state index contributed by atoms with van der Waals surface area (Å²) in [6, 6.07) is 7.06. The number of methoxy groups -OCH3 is 2. The molecular weight excluding hydrogens is 310 g/mol. The van der Waals surface area contributed by atoms with Crippen LogP contribution in [0.15, 0.2) is 41.7 Å². The van der Waals surface area contributed by atoms with Crippen LogP contribution in [0.2, 0.25) is 0 Å². The normalized spacial score (nSPS) is 30.7. The molecule has 3 aliphatic carbocycles. The highest BCUT2D eigenvalue weighted by atomic mass is 16.5. The minimum Gasteiger partial charge on any atom is -0.501 e. The van der Waals surface area contributed by atoms with Crippen molar-refractivity contribution in [3.63, 3.8) is 0 Å². The fourth-order valence-corrected chi connectivity index (χ4v) is 5.22. The first kappa shape index (κ1) is 15.5. The second-order valence-corrected chi connectivity index (χ2v) is 8.12. The lowest BCUT2D eigenvalue weighted by Crippen LogP contribution is -2.54. The molecule has 0 amide bonds. The number of piperidine rings is 1. The van der Waals surface area contributed by atoms with Gasteiger partial charge < -0.3 is 9.47 Å². The lowest BCUT2D eigenvalue weighted by molar-refractivity contribution is 0.131. The maximum Gasteiger partial charge on any atom is 0.119 e. The van der Waals surface area contributed by atoms with Crippen LogP contribution in [0.3, 0.4) is 0 Å². The minimum absolute atomic E-state index is 0.104. The molecule has 132 valence electrons. The van der Waals surface area contributed by atoms with Crippen molar-refractivity contribution in [3.8, 4) is 5.75 Å². The number of fused-ring (bicyclic) bond motifs is 1. The third-order valence-electron chi connectivity index (χ3n) is 6.74. The van der Waals surface area contributed by atoms with Gasteiger partial charge in [-0.2, -0.15) is 0 Å². The number of rotatable bonds is 4. The zero-order valence-corrected chi connectivity index (χ0v) is 15.3. The predicted molar refractivity (Wildman–Crippen MR) is 98.9 cm³/mol. The molecule has 1 aliphatic heterocycles. The molecule has 1 saturated heterocycles. The number of hydrogen-bond donors (Lipinski definition) is 0. The van der Waals surface area contributed by atoms with E-state index < -0.39 is 0 Å². The van der Waals surface area contributed by atoms with E-state index in [2.05, 4.69) is 35.3 Å². The first-order chi connectivity index (χ1) is 12.2. The van der Waals surface area contributed by atoms with Crippen LogP contribution in [0, 0.1) is 5.92 Å². The molecule has 3 heteroatoms. The van der Waals surface area contributed by atoms with Gasteiger partial charge in [0.2, 0.25) is 0 Å². The number of ether oxygens (including phenoxy) is 2. The van der Waals surface area contributed by atoms with E-state index >= 15 is 0 Å². The Labute approximate surface area is 150 Å². The van der Waals surface area contributed by atoms with E-state index in [-0.39, 0.29) is 5.41 Å². The van der Waals surface area contributed by atoms with Gasteiger partial charge >= 0.3 is 0 Å². The highest BCUT2D eigenvalue weighted by molar-refractivity contribution is 5.55. The van der Waals surface area contributed by atoms with Crippen LogP contribution in [-0.4, -0.2) is 38.3 Å². The van der Waals surface area contributed by atoms with E-state index in [1.807, 2.05) is 7.11 Å². The average Bonchev–Trinajstić information content (AvgIpc) is 3.46. The summed E-state index contributed by atoms with van der Waals surface area (Å²) in [5.74, 6) is 3.04. The van der Waals surface area contributed by atoms with Crippen LogP contribution in [0.5, 0.6) is 5.75 Å². The summed E-state index contributed by atoms with van der Waals surface area (Å²) in [5.41, 5.74) is 4.65. The molecule has 0 aromatic heterocycles. The summed E-state index contributed by atoms with van der Waals surface area (Å²) >= 11 is 0. The monoisotopic (exact) mass is 337 g/mol. The smallest absolute Gasteiger partial charge is 0.119 e. The van der Waals surface area contributed by atoms with E-state index in [0.717, 1.165) is 30.3 Å². The van der Waals surface area contributed by atoms with Crippen molar-refractivity contribution < 1.29 is 9.47 Å². The van der Waals surface area contributed by atoms with E-state index in [9.17, 15) is 0 Å². The van der Waals surface area contributed by atoms with Gasteiger partial charge in [-0.3, -0.25) is 4.90 Å². The predicted octanol–water partition coefficient (Wildman–Crippen LogP) is 3.83. The second-order valence-electron chi connectivity index (χ2n) is 8.12. The van der Waals surface area contributed by atoms with Crippen molar-refractivity contribution in [1.29, 1.82) is 0 Å². The lowest BCUT2D eigenvalue weighted by Gasteiger charge is -2.53. The van der Waals surface area contributed by atoms with E-state index in [1.165, 1.54) is 43.5 Å². The quantitative estimate of drug-likeness (QED) is 0.779. The molecule has 1 aromatic carbocycles. The Balaban J connectivity index is 1.61. The standard InChI is InChI=1S/C22H27NO2/c1-24-17-7-5-16-6-8-19-21-12-18(25-2)13-22(19,20(16)11-17)9-10-23(21)14-15-3-4-15/h5,7-8,11-12,15,21H,3-4,6,9-10,13-14H2,1-2H3. The van der Waals surface area contributed by atoms with Gasteiger partial charge in [-0.25, -0.2) is 0 Å². The third kappa shape index (κ3) is 2.36. The SMILES string of the molecule is COC1=CC2C3=CCc4ccc(OC)cc4C3(CCN2CC2CC2)C1. The largest absolute Gasteiger partial charge is 0.501 e. The first-order valence-corrected chi connectivity index (χ1v) is 9.60. The van der Waals surface area contributed by atoms with Gasteiger partial charge in [0, 0.05) is 24.9 Å². The van der Waals surface area contributed by atoms with Crippen LogP contribution < -0.4 is 4.74 Å². The summed E-state index contributed by atoms with van der Waals surface area (Å²) in [6.07, 6.45) is 10.9. The molecule has 2 atom stereocenters. The number of nitrogens with zero attached hydrogens (tertiary/aromatic N) is 1. The Hall–Kier alpha value is -1.74. The molecule has 0 N–H and O–H groups in total. The topological polar surface area (TPSA) is 21.7 Å².